The maximum atomic E-state index is 10.5. The predicted molar refractivity (Wildman–Crippen MR) is 55.8 cm³/mol. The van der Waals surface area contributed by atoms with Crippen LogP contribution < -0.4 is 0 Å². The van der Waals surface area contributed by atoms with Crippen molar-refractivity contribution in [3.05, 3.63) is 38.9 Å². The van der Waals surface area contributed by atoms with Gasteiger partial charge in [0.05, 0.1) is 4.92 Å². The van der Waals surface area contributed by atoms with Gasteiger partial charge in [0.2, 0.25) is 0 Å². The standard InChI is InChI=1S/C7H5ClINO2/c8-6-1-2-7(10(11)12)5(3-6)4-9/h1-3H,4H2. The minimum atomic E-state index is -0.398. The lowest BCUT2D eigenvalue weighted by Crippen LogP contribution is -1.92. The third kappa shape index (κ3) is 2.07. The first kappa shape index (κ1) is 9.73. The molecule has 1 aromatic rings. The Morgan fingerprint density at radius 3 is 2.75 bits per heavy atom. The van der Waals surface area contributed by atoms with Crippen LogP contribution in [0.15, 0.2) is 18.2 Å². The highest BCUT2D eigenvalue weighted by atomic mass is 127. The van der Waals surface area contributed by atoms with Gasteiger partial charge in [0, 0.05) is 21.1 Å². The zero-order chi connectivity index (χ0) is 9.14. The van der Waals surface area contributed by atoms with E-state index in [-0.39, 0.29) is 5.69 Å². The molecule has 0 aliphatic rings. The molecule has 0 fully saturated rings. The normalized spacial score (nSPS) is 9.83. The molecule has 0 aromatic heterocycles. The fraction of sp³-hybridized carbons (Fsp3) is 0.143. The summed E-state index contributed by atoms with van der Waals surface area (Å²) in [6, 6.07) is 4.57. The summed E-state index contributed by atoms with van der Waals surface area (Å²) in [5.41, 5.74) is 0.793. The molecule has 3 nitrogen and oxygen atoms in total. The van der Waals surface area contributed by atoms with Crippen LogP contribution in [-0.2, 0) is 4.43 Å². The Hall–Kier alpha value is -0.360. The summed E-state index contributed by atoms with van der Waals surface area (Å²) in [6.07, 6.45) is 0. The molecule has 0 aliphatic carbocycles. The van der Waals surface area contributed by atoms with Gasteiger partial charge in [-0.25, -0.2) is 0 Å². The van der Waals surface area contributed by atoms with Gasteiger partial charge in [-0.05, 0) is 12.1 Å². The zero-order valence-corrected chi connectivity index (χ0v) is 8.87. The Bertz CT molecular complexity index is 316. The largest absolute Gasteiger partial charge is 0.273 e. The average molecular weight is 297 g/mol. The molecule has 1 aromatic carbocycles. The van der Waals surface area contributed by atoms with Gasteiger partial charge in [-0.15, -0.1) is 0 Å². The van der Waals surface area contributed by atoms with Crippen LogP contribution in [0.25, 0.3) is 0 Å². The van der Waals surface area contributed by atoms with E-state index in [1.807, 2.05) is 0 Å². The third-order valence-corrected chi connectivity index (χ3v) is 2.44. The van der Waals surface area contributed by atoms with E-state index in [1.54, 1.807) is 6.07 Å². The van der Waals surface area contributed by atoms with Crippen molar-refractivity contribution < 1.29 is 4.92 Å². The molecule has 0 spiro atoms. The highest BCUT2D eigenvalue weighted by Crippen LogP contribution is 2.24. The first-order valence-electron chi connectivity index (χ1n) is 3.14. The minimum absolute atomic E-state index is 0.133. The topological polar surface area (TPSA) is 43.1 Å². The van der Waals surface area contributed by atoms with E-state index in [0.717, 1.165) is 0 Å². The van der Waals surface area contributed by atoms with Gasteiger partial charge >= 0.3 is 0 Å². The number of alkyl halides is 1. The van der Waals surface area contributed by atoms with Gasteiger partial charge in [-0.2, -0.15) is 0 Å². The van der Waals surface area contributed by atoms with Crippen molar-refractivity contribution in [1.29, 1.82) is 0 Å². The first-order chi connectivity index (χ1) is 5.65. The summed E-state index contributed by atoms with van der Waals surface area (Å²) in [6.45, 7) is 0. The Morgan fingerprint density at radius 2 is 2.25 bits per heavy atom. The average Bonchev–Trinajstić information content (AvgIpc) is 2.03. The zero-order valence-electron chi connectivity index (χ0n) is 5.96. The Kier molecular flexibility index (Phi) is 3.28. The van der Waals surface area contributed by atoms with E-state index in [0.29, 0.717) is 15.0 Å². The second-order valence-electron chi connectivity index (χ2n) is 2.16. The molecule has 0 radical (unpaired) electrons. The summed E-state index contributed by atoms with van der Waals surface area (Å²) in [5.74, 6) is 0. The molecule has 0 saturated heterocycles. The van der Waals surface area contributed by atoms with Crippen molar-refractivity contribution in [2.45, 2.75) is 4.43 Å². The van der Waals surface area contributed by atoms with Crippen LogP contribution in [0.1, 0.15) is 5.56 Å². The molecule has 0 saturated carbocycles. The van der Waals surface area contributed by atoms with Gasteiger partial charge in [0.25, 0.3) is 5.69 Å². The number of hydrogen-bond donors (Lipinski definition) is 0. The van der Waals surface area contributed by atoms with E-state index in [4.69, 9.17) is 11.6 Å². The Balaban J connectivity index is 3.20. The molecule has 0 N–H and O–H groups in total. The maximum Gasteiger partial charge on any atom is 0.273 e. The monoisotopic (exact) mass is 297 g/mol. The molecule has 0 amide bonds. The summed E-state index contributed by atoms with van der Waals surface area (Å²) in [5, 5.41) is 11.0. The van der Waals surface area contributed by atoms with Gasteiger partial charge in [-0.1, -0.05) is 34.2 Å². The van der Waals surface area contributed by atoms with E-state index < -0.39 is 4.92 Å². The van der Waals surface area contributed by atoms with E-state index in [9.17, 15) is 10.1 Å². The van der Waals surface area contributed by atoms with Crippen molar-refractivity contribution >= 4 is 39.9 Å². The van der Waals surface area contributed by atoms with E-state index in [2.05, 4.69) is 22.6 Å². The van der Waals surface area contributed by atoms with Crippen LogP contribution in [0.5, 0.6) is 0 Å². The molecular formula is C7H5ClINO2. The molecule has 1 rings (SSSR count). The van der Waals surface area contributed by atoms with Crippen LogP contribution >= 0.6 is 34.2 Å². The lowest BCUT2D eigenvalue weighted by Gasteiger charge is -1.98. The van der Waals surface area contributed by atoms with Gasteiger partial charge < -0.3 is 0 Å². The number of benzene rings is 1. The van der Waals surface area contributed by atoms with Crippen LogP contribution in [-0.4, -0.2) is 4.92 Å². The predicted octanol–water partition coefficient (Wildman–Crippen LogP) is 3.18. The van der Waals surface area contributed by atoms with E-state index >= 15 is 0 Å². The number of hydrogen-bond acceptors (Lipinski definition) is 2. The molecule has 12 heavy (non-hydrogen) atoms. The van der Waals surface area contributed by atoms with Crippen LogP contribution in [0, 0.1) is 10.1 Å². The first-order valence-corrected chi connectivity index (χ1v) is 5.04. The van der Waals surface area contributed by atoms with Crippen LogP contribution in [0.4, 0.5) is 5.69 Å². The van der Waals surface area contributed by atoms with Gasteiger partial charge in [-0.3, -0.25) is 10.1 Å². The number of rotatable bonds is 2. The lowest BCUT2D eigenvalue weighted by atomic mass is 10.2. The van der Waals surface area contributed by atoms with Gasteiger partial charge in [0.1, 0.15) is 0 Å². The molecule has 0 atom stereocenters. The molecule has 64 valence electrons. The van der Waals surface area contributed by atoms with Crippen molar-refractivity contribution in [2.75, 3.05) is 0 Å². The maximum absolute atomic E-state index is 10.5. The quantitative estimate of drug-likeness (QED) is 0.364. The second kappa shape index (κ2) is 4.04. The smallest absolute Gasteiger partial charge is 0.258 e. The fourth-order valence-corrected chi connectivity index (χ4v) is 1.64. The minimum Gasteiger partial charge on any atom is -0.258 e. The van der Waals surface area contributed by atoms with Crippen molar-refractivity contribution in [3.63, 3.8) is 0 Å². The molecular weight excluding hydrogens is 292 g/mol. The van der Waals surface area contributed by atoms with Gasteiger partial charge in [0.15, 0.2) is 0 Å². The number of nitro benzene ring substituents is 1. The van der Waals surface area contributed by atoms with Crippen LogP contribution in [0.2, 0.25) is 5.02 Å². The Morgan fingerprint density at radius 1 is 1.58 bits per heavy atom. The summed E-state index contributed by atoms with van der Waals surface area (Å²) < 4.78 is 0.592. The van der Waals surface area contributed by atoms with E-state index in [1.165, 1.54) is 12.1 Å². The summed E-state index contributed by atoms with van der Waals surface area (Å²) in [7, 11) is 0. The molecule has 5 heteroatoms. The number of nitro groups is 1. The van der Waals surface area contributed by atoms with Crippen molar-refractivity contribution in [2.24, 2.45) is 0 Å². The highest BCUT2D eigenvalue weighted by Gasteiger charge is 2.11. The fourth-order valence-electron chi connectivity index (χ4n) is 0.839. The molecule has 0 heterocycles. The van der Waals surface area contributed by atoms with Crippen molar-refractivity contribution in [3.8, 4) is 0 Å². The molecule has 0 bridgehead atoms. The molecule has 0 unspecified atom stereocenters. The SMILES string of the molecule is O=[N+]([O-])c1ccc(Cl)cc1CI. The lowest BCUT2D eigenvalue weighted by molar-refractivity contribution is -0.385. The summed E-state index contributed by atoms with van der Waals surface area (Å²) >= 11 is 7.74. The summed E-state index contributed by atoms with van der Waals surface area (Å²) in [4.78, 5) is 10.1. The molecule has 0 aliphatic heterocycles. The Labute approximate surface area is 88.0 Å². The highest BCUT2D eigenvalue weighted by molar-refractivity contribution is 14.1. The second-order valence-corrected chi connectivity index (χ2v) is 3.36. The van der Waals surface area contributed by atoms with Crippen molar-refractivity contribution in [1.82, 2.24) is 0 Å². The van der Waals surface area contributed by atoms with Crippen LogP contribution in [0.3, 0.4) is 0 Å². The number of halogens is 2. The number of nitrogens with zero attached hydrogens (tertiary/aromatic N) is 1. The third-order valence-electron chi connectivity index (χ3n) is 1.38.